The minimum atomic E-state index is -4.33. The topological polar surface area (TPSA) is 81.6 Å². The minimum Gasteiger partial charge on any atom is -0.311 e. The van der Waals surface area contributed by atoms with Crippen molar-refractivity contribution in [2.75, 3.05) is 5.43 Å². The second-order valence-electron chi connectivity index (χ2n) is 2.62. The first-order valence-corrected chi connectivity index (χ1v) is 8.42. The Morgan fingerprint density at radius 2 is 1.50 bits per heavy atom. The van der Waals surface area contributed by atoms with Gasteiger partial charge in [-0.3, -0.25) is 0 Å². The molecule has 0 unspecified atom stereocenters. The van der Waals surface area contributed by atoms with Gasteiger partial charge in [0.05, 0.1) is 14.6 Å². The van der Waals surface area contributed by atoms with Gasteiger partial charge in [-0.05, 0) is 69.8 Å². The molecule has 10 heteroatoms. The van der Waals surface area contributed by atoms with E-state index in [-0.39, 0.29) is 0 Å². The van der Waals surface area contributed by atoms with Crippen molar-refractivity contribution in [3.05, 3.63) is 24.0 Å². The van der Waals surface area contributed by atoms with E-state index in [0.717, 1.165) is 8.95 Å². The summed E-state index contributed by atoms with van der Waals surface area (Å²) in [5.74, 6) is 0. The summed E-state index contributed by atoms with van der Waals surface area (Å²) in [6, 6.07) is 1.79. The average Bonchev–Trinajstić information content (AvgIpc) is 2.13. The lowest BCUT2D eigenvalue weighted by Gasteiger charge is -2.14. The summed E-state index contributed by atoms with van der Waals surface area (Å²) in [5, 5.41) is 1.89. The van der Waals surface area contributed by atoms with Crippen molar-refractivity contribution in [1.29, 1.82) is 0 Å². The maximum atomic E-state index is 10.7. The van der Waals surface area contributed by atoms with Crippen LogP contribution in [0.5, 0.6) is 0 Å². The Balaban J connectivity index is 3.08. The van der Waals surface area contributed by atoms with Gasteiger partial charge in [0, 0.05) is 8.95 Å². The summed E-state index contributed by atoms with van der Waals surface area (Å²) >= 11 is 13.1. The molecule has 0 fully saturated rings. The van der Waals surface area contributed by atoms with Gasteiger partial charge in [0.2, 0.25) is 0 Å². The van der Waals surface area contributed by atoms with Crippen LogP contribution in [-0.4, -0.2) is 9.79 Å². The smallest absolute Gasteiger partial charge is 0.311 e. The van der Waals surface area contributed by atoms with E-state index in [4.69, 9.17) is 9.79 Å². The summed E-state index contributed by atoms with van der Waals surface area (Å²) in [6.07, 6.45) is 0. The molecule has 1 rings (SSSR count). The van der Waals surface area contributed by atoms with Crippen LogP contribution in [0.15, 0.2) is 24.0 Å². The molecule has 0 bridgehead atoms. The first kappa shape index (κ1) is 15.1. The average molecular weight is 504 g/mol. The van der Waals surface area contributed by atoms with Gasteiger partial charge in [0.25, 0.3) is 0 Å². The molecule has 4 N–H and O–H groups in total. The molecular formula is C6H5Br4N2O3P. The van der Waals surface area contributed by atoms with Crippen LogP contribution in [0.25, 0.3) is 0 Å². The molecule has 0 aliphatic rings. The monoisotopic (exact) mass is 500 g/mol. The number of hydrazine groups is 1. The summed E-state index contributed by atoms with van der Waals surface area (Å²) < 4.78 is 13.4. The predicted molar refractivity (Wildman–Crippen MR) is 76.0 cm³/mol. The minimum absolute atomic E-state index is 0.463. The van der Waals surface area contributed by atoms with Crippen LogP contribution in [0.4, 0.5) is 5.69 Å². The van der Waals surface area contributed by atoms with Crippen LogP contribution in [0.3, 0.4) is 0 Å². The molecule has 1 aromatic rings. The van der Waals surface area contributed by atoms with Gasteiger partial charge in [-0.1, -0.05) is 0 Å². The van der Waals surface area contributed by atoms with Gasteiger partial charge >= 0.3 is 7.75 Å². The second-order valence-corrected chi connectivity index (χ2v) is 7.23. The van der Waals surface area contributed by atoms with Crippen molar-refractivity contribution in [2.24, 2.45) is 0 Å². The number of nitrogens with one attached hydrogen (secondary N) is 2. The van der Waals surface area contributed by atoms with Crippen molar-refractivity contribution in [2.45, 2.75) is 0 Å². The number of rotatable bonds is 3. The molecule has 0 amide bonds. The van der Waals surface area contributed by atoms with Crippen molar-refractivity contribution in [3.8, 4) is 0 Å². The fraction of sp³-hybridized carbons (Fsp3) is 0. The maximum Gasteiger partial charge on any atom is 0.417 e. The Kier molecular flexibility index (Phi) is 5.47. The Hall–Kier alpha value is 1.05. The highest BCUT2D eigenvalue weighted by molar-refractivity contribution is 9.14. The Morgan fingerprint density at radius 1 is 1.06 bits per heavy atom. The fourth-order valence-electron chi connectivity index (χ4n) is 0.812. The van der Waals surface area contributed by atoms with Crippen molar-refractivity contribution in [3.63, 3.8) is 0 Å². The van der Waals surface area contributed by atoms with Crippen molar-refractivity contribution >= 4 is 77.2 Å². The van der Waals surface area contributed by atoms with E-state index in [1.807, 2.05) is 5.20 Å². The zero-order valence-corrected chi connectivity index (χ0v) is 14.6. The molecule has 90 valence electrons. The van der Waals surface area contributed by atoms with E-state index in [9.17, 15) is 4.57 Å². The molecular weight excluding hydrogens is 499 g/mol. The van der Waals surface area contributed by atoms with Gasteiger partial charge in [-0.2, -0.15) is 0 Å². The number of halogens is 4. The molecule has 16 heavy (non-hydrogen) atoms. The van der Waals surface area contributed by atoms with Gasteiger partial charge in [-0.15, -0.1) is 5.20 Å². The van der Waals surface area contributed by atoms with E-state index in [1.54, 1.807) is 6.07 Å². The van der Waals surface area contributed by atoms with Crippen LogP contribution in [0.1, 0.15) is 0 Å². The normalized spacial score (nSPS) is 11.6. The van der Waals surface area contributed by atoms with Crippen molar-refractivity contribution in [1.82, 2.24) is 5.20 Å². The SMILES string of the molecule is O=P(O)(O)NNc1c(Br)c(Br)cc(Br)c1Br. The molecule has 0 radical (unpaired) electrons. The summed E-state index contributed by atoms with van der Waals surface area (Å²) in [5.41, 5.74) is 2.90. The quantitative estimate of drug-likeness (QED) is 0.287. The van der Waals surface area contributed by atoms with E-state index in [2.05, 4.69) is 69.1 Å². The van der Waals surface area contributed by atoms with Crippen LogP contribution in [-0.2, 0) is 4.57 Å². The summed E-state index contributed by atoms with van der Waals surface area (Å²) in [7, 11) is -4.33. The highest BCUT2D eigenvalue weighted by atomic mass is 79.9. The lowest BCUT2D eigenvalue weighted by Crippen LogP contribution is -2.18. The Bertz CT molecular complexity index is 437. The lowest BCUT2D eigenvalue weighted by atomic mass is 10.3. The molecule has 1 aromatic carbocycles. The van der Waals surface area contributed by atoms with Crippen LogP contribution in [0.2, 0.25) is 0 Å². The number of hydrogen-bond acceptors (Lipinski definition) is 2. The molecule has 0 saturated carbocycles. The highest BCUT2D eigenvalue weighted by Crippen LogP contribution is 2.42. The molecule has 0 aromatic heterocycles. The van der Waals surface area contributed by atoms with Gasteiger partial charge in [0.15, 0.2) is 0 Å². The van der Waals surface area contributed by atoms with Gasteiger partial charge in [0.1, 0.15) is 0 Å². The van der Waals surface area contributed by atoms with Crippen LogP contribution >= 0.6 is 71.5 Å². The Labute approximate surface area is 125 Å². The third-order valence-corrected chi connectivity index (χ3v) is 5.80. The van der Waals surface area contributed by atoms with E-state index in [0.29, 0.717) is 14.6 Å². The number of anilines is 1. The standard InChI is InChI=1S/C6H5Br4N2O3P/c7-2-1-3(8)5(10)6(4(2)9)11-12-16(13,14)15/h1,11H,(H3,12,13,14,15). The molecule has 0 aliphatic heterocycles. The third kappa shape index (κ3) is 4.06. The molecule has 0 aliphatic carbocycles. The number of hydrogen-bond donors (Lipinski definition) is 4. The van der Waals surface area contributed by atoms with Crippen LogP contribution in [0, 0.1) is 0 Å². The van der Waals surface area contributed by atoms with Crippen molar-refractivity contribution < 1.29 is 14.4 Å². The molecule has 0 heterocycles. The molecule has 0 spiro atoms. The maximum absolute atomic E-state index is 10.7. The third-order valence-electron chi connectivity index (χ3n) is 1.44. The largest absolute Gasteiger partial charge is 0.417 e. The predicted octanol–water partition coefficient (Wildman–Crippen LogP) is 3.75. The van der Waals surface area contributed by atoms with E-state index >= 15 is 0 Å². The van der Waals surface area contributed by atoms with Crippen LogP contribution < -0.4 is 10.6 Å². The molecule has 5 nitrogen and oxygen atoms in total. The Morgan fingerprint density at radius 3 is 1.88 bits per heavy atom. The van der Waals surface area contributed by atoms with E-state index < -0.39 is 7.75 Å². The first-order valence-electron chi connectivity index (χ1n) is 3.64. The molecule has 0 saturated heterocycles. The fourth-order valence-corrected chi connectivity index (χ4v) is 3.32. The lowest BCUT2D eigenvalue weighted by molar-refractivity contribution is 0.362. The second kappa shape index (κ2) is 5.79. The highest BCUT2D eigenvalue weighted by Gasteiger charge is 2.16. The number of benzene rings is 1. The summed E-state index contributed by atoms with van der Waals surface area (Å²) in [4.78, 5) is 17.4. The molecule has 0 atom stereocenters. The van der Waals surface area contributed by atoms with Gasteiger partial charge in [-0.25, -0.2) is 4.57 Å². The van der Waals surface area contributed by atoms with E-state index in [1.165, 1.54) is 0 Å². The zero-order valence-electron chi connectivity index (χ0n) is 7.34. The first-order chi connectivity index (χ1) is 7.22. The summed E-state index contributed by atoms with van der Waals surface area (Å²) in [6.45, 7) is 0. The van der Waals surface area contributed by atoms with Gasteiger partial charge < -0.3 is 15.2 Å². The zero-order chi connectivity index (χ0) is 12.5.